The fourth-order valence-corrected chi connectivity index (χ4v) is 1.66. The van der Waals surface area contributed by atoms with E-state index in [0.717, 1.165) is 0 Å². The molecular weight excluding hydrogens is 294 g/mol. The smallest absolute Gasteiger partial charge is 0.343 e. The lowest BCUT2D eigenvalue weighted by atomic mass is 10.2. The highest BCUT2D eigenvalue weighted by molar-refractivity contribution is 5.91. The topological polar surface area (TPSA) is 76.4 Å². The van der Waals surface area contributed by atoms with Crippen LogP contribution < -0.4 is 9.47 Å². The maximum atomic E-state index is 12.0. The van der Waals surface area contributed by atoms with Crippen molar-refractivity contribution in [3.05, 3.63) is 72.3 Å². The van der Waals surface area contributed by atoms with E-state index >= 15 is 0 Å². The molecule has 5 nitrogen and oxygen atoms in total. The van der Waals surface area contributed by atoms with Gasteiger partial charge in [0.2, 0.25) is 0 Å². The number of ketones is 1. The van der Waals surface area contributed by atoms with Gasteiger partial charge in [-0.25, -0.2) is 4.79 Å². The number of carbonyl (C=O) groups is 2. The van der Waals surface area contributed by atoms with E-state index in [9.17, 15) is 9.59 Å². The monoisotopic (exact) mass is 307 g/mol. The summed E-state index contributed by atoms with van der Waals surface area (Å²) in [7, 11) is 0. The summed E-state index contributed by atoms with van der Waals surface area (Å²) in [6.45, 7) is 3.25. The summed E-state index contributed by atoms with van der Waals surface area (Å²) in [5.41, 5.74) is 0.831. The average molecular weight is 307 g/mol. The molecule has 0 aromatic heterocycles. The van der Waals surface area contributed by atoms with Gasteiger partial charge in [0.25, 0.3) is 0 Å². The largest absolute Gasteiger partial charge is 0.485 e. The van der Waals surface area contributed by atoms with Gasteiger partial charge in [-0.15, -0.1) is 0 Å². The van der Waals surface area contributed by atoms with E-state index in [0.29, 0.717) is 22.6 Å². The van der Waals surface area contributed by atoms with Crippen LogP contribution in [0.2, 0.25) is 0 Å². The van der Waals surface area contributed by atoms with Crippen LogP contribution in [0.25, 0.3) is 0 Å². The molecular formula is C18H13NO4. The second-order valence-corrected chi connectivity index (χ2v) is 4.51. The molecule has 23 heavy (non-hydrogen) atoms. The highest BCUT2D eigenvalue weighted by atomic mass is 16.5. The number of hydrogen-bond acceptors (Lipinski definition) is 5. The first-order valence-electron chi connectivity index (χ1n) is 6.73. The molecule has 2 aromatic rings. The van der Waals surface area contributed by atoms with Gasteiger partial charge in [0.15, 0.2) is 12.4 Å². The first kappa shape index (κ1) is 16.0. The van der Waals surface area contributed by atoms with E-state index in [1.54, 1.807) is 48.5 Å². The molecule has 2 rings (SSSR count). The Balaban J connectivity index is 1.98. The first-order valence-corrected chi connectivity index (χ1v) is 6.73. The Kier molecular flexibility index (Phi) is 5.26. The highest BCUT2D eigenvalue weighted by Gasteiger charge is 2.09. The summed E-state index contributed by atoms with van der Waals surface area (Å²) in [4.78, 5) is 23.1. The number of carbonyl (C=O) groups excluding carboxylic acids is 2. The van der Waals surface area contributed by atoms with Crippen LogP contribution in [0.3, 0.4) is 0 Å². The zero-order valence-corrected chi connectivity index (χ0v) is 12.2. The Bertz CT molecular complexity index is 755. The van der Waals surface area contributed by atoms with Crippen LogP contribution in [0, 0.1) is 11.3 Å². The van der Waals surface area contributed by atoms with Crippen molar-refractivity contribution in [3.63, 3.8) is 0 Å². The minimum atomic E-state index is -0.525. The third-order valence-corrected chi connectivity index (χ3v) is 2.89. The van der Waals surface area contributed by atoms with Gasteiger partial charge in [0.05, 0.1) is 17.2 Å². The van der Waals surface area contributed by atoms with Gasteiger partial charge in [-0.3, -0.25) is 4.79 Å². The number of ether oxygens (including phenoxy) is 2. The lowest BCUT2D eigenvalue weighted by Gasteiger charge is -2.06. The fraction of sp³-hybridized carbons (Fsp3) is 0.0556. The van der Waals surface area contributed by atoms with Crippen molar-refractivity contribution in [1.29, 1.82) is 5.26 Å². The van der Waals surface area contributed by atoms with Crippen LogP contribution in [-0.4, -0.2) is 18.4 Å². The summed E-state index contributed by atoms with van der Waals surface area (Å²) in [5.74, 6) is 0.0683. The predicted octanol–water partition coefficient (Wildman–Crippen LogP) is 2.91. The van der Waals surface area contributed by atoms with Crippen molar-refractivity contribution in [1.82, 2.24) is 0 Å². The molecule has 0 amide bonds. The molecule has 0 fully saturated rings. The molecule has 0 aliphatic heterocycles. The zero-order valence-electron chi connectivity index (χ0n) is 12.2. The second kappa shape index (κ2) is 7.57. The quantitative estimate of drug-likeness (QED) is 0.466. The molecule has 114 valence electrons. The molecule has 5 heteroatoms. The molecule has 0 aliphatic rings. The third kappa shape index (κ3) is 4.55. The van der Waals surface area contributed by atoms with E-state index in [4.69, 9.17) is 14.7 Å². The standard InChI is InChI=1S/C18H13NO4/c1-2-15(20)12-22-16-9-5-14(6-10-16)18(21)23-17-7-3-13(11-19)4-8-17/h2-10H,1,12H2. The molecule has 0 N–H and O–H groups in total. The number of benzene rings is 2. The summed E-state index contributed by atoms with van der Waals surface area (Å²) in [6.07, 6.45) is 1.18. The van der Waals surface area contributed by atoms with Crippen LogP contribution >= 0.6 is 0 Å². The van der Waals surface area contributed by atoms with Crippen LogP contribution in [0.4, 0.5) is 0 Å². The van der Waals surface area contributed by atoms with Gasteiger partial charge in [-0.2, -0.15) is 5.26 Å². The Morgan fingerprint density at radius 3 is 2.22 bits per heavy atom. The zero-order chi connectivity index (χ0) is 16.7. The first-order chi connectivity index (χ1) is 11.1. The summed E-state index contributed by atoms with van der Waals surface area (Å²) < 4.78 is 10.4. The van der Waals surface area contributed by atoms with E-state index < -0.39 is 5.97 Å². The Morgan fingerprint density at radius 1 is 1.04 bits per heavy atom. The molecule has 0 bridgehead atoms. The van der Waals surface area contributed by atoms with Crippen molar-refractivity contribution >= 4 is 11.8 Å². The van der Waals surface area contributed by atoms with Crippen molar-refractivity contribution in [3.8, 4) is 17.6 Å². The van der Waals surface area contributed by atoms with Crippen molar-refractivity contribution < 1.29 is 19.1 Å². The Morgan fingerprint density at radius 2 is 1.65 bits per heavy atom. The van der Waals surface area contributed by atoms with E-state index in [1.165, 1.54) is 6.08 Å². The van der Waals surface area contributed by atoms with Gasteiger partial charge in [-0.1, -0.05) is 6.58 Å². The maximum Gasteiger partial charge on any atom is 0.343 e. The summed E-state index contributed by atoms with van der Waals surface area (Å²) in [6, 6.07) is 14.5. The van der Waals surface area contributed by atoms with Gasteiger partial charge in [0.1, 0.15) is 11.5 Å². The molecule has 0 spiro atoms. The minimum Gasteiger partial charge on any atom is -0.485 e. The normalized spacial score (nSPS) is 9.52. The van der Waals surface area contributed by atoms with E-state index in [-0.39, 0.29) is 12.4 Å². The Labute approximate surface area is 133 Å². The summed E-state index contributed by atoms with van der Waals surface area (Å²) >= 11 is 0. The molecule has 0 saturated carbocycles. The van der Waals surface area contributed by atoms with Gasteiger partial charge < -0.3 is 9.47 Å². The second-order valence-electron chi connectivity index (χ2n) is 4.51. The van der Waals surface area contributed by atoms with Crippen LogP contribution in [0.15, 0.2) is 61.2 Å². The number of hydrogen-bond donors (Lipinski definition) is 0. The third-order valence-electron chi connectivity index (χ3n) is 2.89. The van der Waals surface area contributed by atoms with Crippen molar-refractivity contribution in [2.24, 2.45) is 0 Å². The molecule has 0 unspecified atom stereocenters. The van der Waals surface area contributed by atoms with E-state index in [1.807, 2.05) is 6.07 Å². The van der Waals surface area contributed by atoms with Crippen molar-refractivity contribution in [2.45, 2.75) is 0 Å². The molecule has 0 radical (unpaired) electrons. The molecule has 0 atom stereocenters. The minimum absolute atomic E-state index is 0.0987. The molecule has 2 aromatic carbocycles. The average Bonchev–Trinajstić information content (AvgIpc) is 2.60. The van der Waals surface area contributed by atoms with Crippen LogP contribution in [0.1, 0.15) is 15.9 Å². The van der Waals surface area contributed by atoms with Gasteiger partial charge >= 0.3 is 5.97 Å². The fourth-order valence-electron chi connectivity index (χ4n) is 1.66. The SMILES string of the molecule is C=CC(=O)COc1ccc(C(=O)Oc2ccc(C#N)cc2)cc1. The summed E-state index contributed by atoms with van der Waals surface area (Å²) in [5, 5.41) is 8.71. The molecule has 0 saturated heterocycles. The van der Waals surface area contributed by atoms with Crippen LogP contribution in [0.5, 0.6) is 11.5 Å². The van der Waals surface area contributed by atoms with Crippen molar-refractivity contribution in [2.75, 3.05) is 6.61 Å². The van der Waals surface area contributed by atoms with E-state index in [2.05, 4.69) is 6.58 Å². The Hall–Kier alpha value is -3.39. The van der Waals surface area contributed by atoms with Crippen LogP contribution in [-0.2, 0) is 4.79 Å². The maximum absolute atomic E-state index is 12.0. The lowest BCUT2D eigenvalue weighted by molar-refractivity contribution is -0.116. The highest BCUT2D eigenvalue weighted by Crippen LogP contribution is 2.16. The van der Waals surface area contributed by atoms with Gasteiger partial charge in [0, 0.05) is 0 Å². The number of nitrogens with zero attached hydrogens (tertiary/aromatic N) is 1. The number of rotatable bonds is 6. The lowest BCUT2D eigenvalue weighted by Crippen LogP contribution is -2.09. The molecule has 0 heterocycles. The number of nitriles is 1. The number of esters is 1. The van der Waals surface area contributed by atoms with Gasteiger partial charge in [-0.05, 0) is 54.6 Å². The predicted molar refractivity (Wildman–Crippen MR) is 83.3 cm³/mol. The molecule has 0 aliphatic carbocycles.